The van der Waals surface area contributed by atoms with Crippen molar-refractivity contribution in [1.29, 1.82) is 0 Å². The van der Waals surface area contributed by atoms with Gasteiger partial charge in [0.15, 0.2) is 6.10 Å². The summed E-state index contributed by atoms with van der Waals surface area (Å²) in [5, 5.41) is 0. The normalized spacial score (nSPS) is 18.3. The third-order valence-corrected chi connectivity index (χ3v) is 2.73. The predicted octanol–water partition coefficient (Wildman–Crippen LogP) is 1.84. The molecule has 0 spiro atoms. The molecule has 18 heavy (non-hydrogen) atoms. The Morgan fingerprint density at radius 2 is 2.17 bits per heavy atom. The number of carbonyl (C=O) groups excluding carboxylic acids is 2. The maximum absolute atomic E-state index is 11.7. The lowest BCUT2D eigenvalue weighted by Gasteiger charge is -2.13. The maximum Gasteiger partial charge on any atom is 0.339 e. The molecule has 0 radical (unpaired) electrons. The Balaban J connectivity index is 2.20. The van der Waals surface area contributed by atoms with Gasteiger partial charge in [-0.2, -0.15) is 0 Å². The Hall–Kier alpha value is -1.94. The van der Waals surface area contributed by atoms with Crippen LogP contribution in [0.25, 0.3) is 5.57 Å². The SMILES string of the molecule is CCOC(=O)C1OCC=C1c1ccc(C=O)cc1. The van der Waals surface area contributed by atoms with E-state index in [4.69, 9.17) is 9.47 Å². The van der Waals surface area contributed by atoms with Crippen LogP contribution in [-0.2, 0) is 14.3 Å². The van der Waals surface area contributed by atoms with E-state index in [0.717, 1.165) is 17.4 Å². The largest absolute Gasteiger partial charge is 0.464 e. The number of aldehydes is 1. The first-order valence-corrected chi connectivity index (χ1v) is 5.80. The lowest BCUT2D eigenvalue weighted by Crippen LogP contribution is -2.24. The van der Waals surface area contributed by atoms with Crippen molar-refractivity contribution < 1.29 is 19.1 Å². The average Bonchev–Trinajstić information content (AvgIpc) is 2.88. The fourth-order valence-corrected chi connectivity index (χ4v) is 1.87. The number of ether oxygens (including phenoxy) is 2. The predicted molar refractivity (Wildman–Crippen MR) is 66.2 cm³/mol. The van der Waals surface area contributed by atoms with Gasteiger partial charge in [-0.3, -0.25) is 4.79 Å². The van der Waals surface area contributed by atoms with Crippen molar-refractivity contribution in [2.45, 2.75) is 13.0 Å². The van der Waals surface area contributed by atoms with E-state index in [9.17, 15) is 9.59 Å². The van der Waals surface area contributed by atoms with Gasteiger partial charge >= 0.3 is 5.97 Å². The summed E-state index contributed by atoms with van der Waals surface area (Å²) in [7, 11) is 0. The minimum atomic E-state index is -0.660. The van der Waals surface area contributed by atoms with Crippen molar-refractivity contribution in [3.05, 3.63) is 41.5 Å². The molecule has 0 aromatic heterocycles. The molecule has 1 unspecified atom stereocenters. The van der Waals surface area contributed by atoms with Crippen LogP contribution in [-0.4, -0.2) is 31.6 Å². The van der Waals surface area contributed by atoms with E-state index in [1.165, 1.54) is 0 Å². The van der Waals surface area contributed by atoms with Gasteiger partial charge in [-0.25, -0.2) is 4.79 Å². The first-order valence-electron chi connectivity index (χ1n) is 5.80. The summed E-state index contributed by atoms with van der Waals surface area (Å²) in [6, 6.07) is 7.03. The monoisotopic (exact) mass is 246 g/mol. The van der Waals surface area contributed by atoms with E-state index < -0.39 is 6.10 Å². The fourth-order valence-electron chi connectivity index (χ4n) is 1.87. The van der Waals surface area contributed by atoms with Crippen molar-refractivity contribution in [2.24, 2.45) is 0 Å². The molecule has 1 aliphatic heterocycles. The van der Waals surface area contributed by atoms with Crippen LogP contribution >= 0.6 is 0 Å². The molecule has 2 rings (SSSR count). The molecule has 1 aliphatic rings. The van der Waals surface area contributed by atoms with E-state index in [1.54, 1.807) is 31.2 Å². The number of carbonyl (C=O) groups is 2. The first kappa shape index (κ1) is 12.5. The van der Waals surface area contributed by atoms with Gasteiger partial charge in [0.2, 0.25) is 0 Å². The second kappa shape index (κ2) is 5.60. The van der Waals surface area contributed by atoms with E-state index in [2.05, 4.69) is 0 Å². The van der Waals surface area contributed by atoms with Crippen LogP contribution < -0.4 is 0 Å². The van der Waals surface area contributed by atoms with Crippen molar-refractivity contribution in [3.8, 4) is 0 Å². The highest BCUT2D eigenvalue weighted by molar-refractivity contribution is 5.92. The second-order valence-corrected chi connectivity index (χ2v) is 3.86. The van der Waals surface area contributed by atoms with Gasteiger partial charge in [-0.05, 0) is 18.1 Å². The number of hydrogen-bond acceptors (Lipinski definition) is 4. The Labute approximate surface area is 105 Å². The summed E-state index contributed by atoms with van der Waals surface area (Å²) in [6.07, 6.45) is 1.98. The fraction of sp³-hybridized carbons (Fsp3) is 0.286. The molecular weight excluding hydrogens is 232 g/mol. The van der Waals surface area contributed by atoms with Gasteiger partial charge in [0, 0.05) is 5.56 Å². The van der Waals surface area contributed by atoms with Gasteiger partial charge in [-0.1, -0.05) is 30.3 Å². The lowest BCUT2D eigenvalue weighted by molar-refractivity contribution is -0.151. The molecule has 1 heterocycles. The lowest BCUT2D eigenvalue weighted by atomic mass is 10.0. The topological polar surface area (TPSA) is 52.6 Å². The molecule has 4 nitrogen and oxygen atoms in total. The molecule has 0 saturated heterocycles. The van der Waals surface area contributed by atoms with Crippen LogP contribution in [0.4, 0.5) is 0 Å². The van der Waals surface area contributed by atoms with Crippen molar-refractivity contribution >= 4 is 17.8 Å². The van der Waals surface area contributed by atoms with Crippen molar-refractivity contribution in [3.63, 3.8) is 0 Å². The summed E-state index contributed by atoms with van der Waals surface area (Å²) in [6.45, 7) is 2.49. The Bertz CT molecular complexity index is 473. The van der Waals surface area contributed by atoms with E-state index in [1.807, 2.05) is 6.08 Å². The molecular formula is C14H14O4. The molecule has 0 saturated carbocycles. The van der Waals surface area contributed by atoms with Gasteiger partial charge in [0.05, 0.1) is 13.2 Å². The van der Waals surface area contributed by atoms with Gasteiger partial charge in [-0.15, -0.1) is 0 Å². The van der Waals surface area contributed by atoms with Crippen LogP contribution in [0.5, 0.6) is 0 Å². The Kier molecular flexibility index (Phi) is 3.89. The van der Waals surface area contributed by atoms with Crippen molar-refractivity contribution in [1.82, 2.24) is 0 Å². The van der Waals surface area contributed by atoms with E-state index in [0.29, 0.717) is 18.8 Å². The quantitative estimate of drug-likeness (QED) is 0.601. The zero-order valence-electron chi connectivity index (χ0n) is 10.1. The summed E-state index contributed by atoms with van der Waals surface area (Å²) < 4.78 is 10.3. The smallest absolute Gasteiger partial charge is 0.339 e. The zero-order chi connectivity index (χ0) is 13.0. The minimum absolute atomic E-state index is 0.329. The summed E-state index contributed by atoms with van der Waals surface area (Å²) in [5.41, 5.74) is 2.27. The molecule has 1 aromatic rings. The van der Waals surface area contributed by atoms with Crippen LogP contribution in [0.3, 0.4) is 0 Å². The standard InChI is InChI=1S/C14H14O4/c1-2-17-14(16)13-12(7-8-18-13)11-5-3-10(9-15)4-6-11/h3-7,9,13H,2,8H2,1H3. The van der Waals surface area contributed by atoms with Gasteiger partial charge in [0.1, 0.15) is 6.29 Å². The minimum Gasteiger partial charge on any atom is -0.464 e. The first-order chi connectivity index (χ1) is 8.76. The number of rotatable bonds is 4. The van der Waals surface area contributed by atoms with Crippen molar-refractivity contribution in [2.75, 3.05) is 13.2 Å². The molecule has 0 aliphatic carbocycles. The van der Waals surface area contributed by atoms with Gasteiger partial charge in [0.25, 0.3) is 0 Å². The maximum atomic E-state index is 11.7. The molecule has 0 fully saturated rings. The Morgan fingerprint density at radius 1 is 1.44 bits per heavy atom. The third kappa shape index (κ3) is 2.49. The Morgan fingerprint density at radius 3 is 2.78 bits per heavy atom. The molecule has 4 heteroatoms. The van der Waals surface area contributed by atoms with E-state index in [-0.39, 0.29) is 5.97 Å². The number of benzene rings is 1. The molecule has 0 amide bonds. The third-order valence-electron chi connectivity index (χ3n) is 2.73. The number of hydrogen-bond donors (Lipinski definition) is 0. The van der Waals surface area contributed by atoms with Crippen LogP contribution in [0.2, 0.25) is 0 Å². The molecule has 1 atom stereocenters. The highest BCUT2D eigenvalue weighted by atomic mass is 16.6. The highest BCUT2D eigenvalue weighted by Gasteiger charge is 2.29. The zero-order valence-corrected chi connectivity index (χ0v) is 10.1. The summed E-state index contributed by atoms with van der Waals surface area (Å²) >= 11 is 0. The highest BCUT2D eigenvalue weighted by Crippen LogP contribution is 2.26. The summed E-state index contributed by atoms with van der Waals surface area (Å²) in [5.74, 6) is -0.374. The van der Waals surface area contributed by atoms with Crippen LogP contribution in [0.15, 0.2) is 30.3 Å². The molecule has 0 N–H and O–H groups in total. The van der Waals surface area contributed by atoms with Crippen LogP contribution in [0.1, 0.15) is 22.8 Å². The molecule has 1 aromatic carbocycles. The molecule has 0 bridgehead atoms. The van der Waals surface area contributed by atoms with Crippen LogP contribution in [0, 0.1) is 0 Å². The average molecular weight is 246 g/mol. The second-order valence-electron chi connectivity index (χ2n) is 3.86. The summed E-state index contributed by atoms with van der Waals surface area (Å²) in [4.78, 5) is 22.3. The van der Waals surface area contributed by atoms with E-state index >= 15 is 0 Å². The number of esters is 1. The molecule has 94 valence electrons. The van der Waals surface area contributed by atoms with Gasteiger partial charge < -0.3 is 9.47 Å².